The van der Waals surface area contributed by atoms with Crippen LogP contribution in [0.2, 0.25) is 0 Å². The minimum absolute atomic E-state index is 0.449. The van der Waals surface area contributed by atoms with Crippen LogP contribution < -0.4 is 5.32 Å². The van der Waals surface area contributed by atoms with Gasteiger partial charge in [-0.05, 0) is 51.3 Å². The van der Waals surface area contributed by atoms with Crippen molar-refractivity contribution in [2.24, 2.45) is 5.92 Å². The molecule has 0 bridgehead atoms. The molecule has 1 aromatic carbocycles. The van der Waals surface area contributed by atoms with E-state index in [1.165, 1.54) is 17.7 Å². The first kappa shape index (κ1) is 17.2. The fourth-order valence-corrected chi connectivity index (χ4v) is 2.76. The van der Waals surface area contributed by atoms with Crippen LogP contribution in [0.25, 0.3) is 0 Å². The third-order valence-electron chi connectivity index (χ3n) is 3.95. The first-order valence-electron chi connectivity index (χ1n) is 7.92. The van der Waals surface area contributed by atoms with E-state index in [1.54, 1.807) is 0 Å². The molecule has 2 heteroatoms. The van der Waals surface area contributed by atoms with Crippen LogP contribution in [0.3, 0.4) is 0 Å². The maximum Gasteiger partial charge on any atom is 0.0332 e. The van der Waals surface area contributed by atoms with Crippen molar-refractivity contribution in [2.75, 3.05) is 20.1 Å². The van der Waals surface area contributed by atoms with Gasteiger partial charge in [0.15, 0.2) is 0 Å². The van der Waals surface area contributed by atoms with E-state index in [9.17, 15) is 0 Å². The topological polar surface area (TPSA) is 15.3 Å². The fourth-order valence-electron chi connectivity index (χ4n) is 2.76. The van der Waals surface area contributed by atoms with Gasteiger partial charge < -0.3 is 10.2 Å². The Kier molecular flexibility index (Phi) is 7.25. The summed E-state index contributed by atoms with van der Waals surface area (Å²) in [5.41, 5.74) is 2.81. The number of nitrogens with zero attached hydrogens (tertiary/aromatic N) is 1. The predicted octanol–water partition coefficient (Wildman–Crippen LogP) is 4.01. The summed E-state index contributed by atoms with van der Waals surface area (Å²) in [5.74, 6) is 0.726. The second-order valence-electron chi connectivity index (χ2n) is 6.47. The van der Waals surface area contributed by atoms with Crippen LogP contribution >= 0.6 is 0 Å². The van der Waals surface area contributed by atoms with Crippen molar-refractivity contribution in [1.29, 1.82) is 0 Å². The maximum absolute atomic E-state index is 3.48. The molecule has 2 nitrogen and oxygen atoms in total. The first-order chi connectivity index (χ1) is 9.45. The molecule has 114 valence electrons. The molecule has 1 N–H and O–H groups in total. The summed E-state index contributed by atoms with van der Waals surface area (Å²) in [4.78, 5) is 2.59. The molecule has 0 radical (unpaired) electrons. The van der Waals surface area contributed by atoms with Crippen molar-refractivity contribution >= 4 is 0 Å². The molecule has 1 aromatic rings. The molecule has 0 amide bonds. The minimum atomic E-state index is 0.449. The number of hydrogen-bond donors (Lipinski definition) is 1. The molecule has 20 heavy (non-hydrogen) atoms. The van der Waals surface area contributed by atoms with Crippen molar-refractivity contribution in [2.45, 2.75) is 53.1 Å². The predicted molar refractivity (Wildman–Crippen MR) is 89.1 cm³/mol. The van der Waals surface area contributed by atoms with Crippen LogP contribution in [-0.2, 0) is 0 Å². The molecule has 0 aliphatic carbocycles. The standard InChI is InChI=1S/C18H32N2/c1-14(2)13-20(15(3)4)12-11-18(19-6)17-10-8-7-9-16(17)5/h7-10,14-15,18-19H,11-13H2,1-6H3. The van der Waals surface area contributed by atoms with Crippen LogP contribution in [0.15, 0.2) is 24.3 Å². The third-order valence-corrected chi connectivity index (χ3v) is 3.95. The summed E-state index contributed by atoms with van der Waals surface area (Å²) >= 11 is 0. The summed E-state index contributed by atoms with van der Waals surface area (Å²) in [6, 6.07) is 9.77. The molecule has 0 spiro atoms. The van der Waals surface area contributed by atoms with Gasteiger partial charge in [0.25, 0.3) is 0 Å². The molecule has 0 fully saturated rings. The normalized spacial score (nSPS) is 13.4. The molecule has 1 rings (SSSR count). The zero-order valence-corrected chi connectivity index (χ0v) is 14.1. The van der Waals surface area contributed by atoms with Crippen molar-refractivity contribution in [3.63, 3.8) is 0 Å². The number of rotatable bonds is 8. The number of aryl methyl sites for hydroxylation is 1. The van der Waals surface area contributed by atoms with Crippen molar-refractivity contribution in [3.8, 4) is 0 Å². The first-order valence-corrected chi connectivity index (χ1v) is 7.92. The van der Waals surface area contributed by atoms with E-state index in [0.717, 1.165) is 18.9 Å². The highest BCUT2D eigenvalue weighted by Gasteiger charge is 2.16. The van der Waals surface area contributed by atoms with Gasteiger partial charge in [0, 0.05) is 25.2 Å². The lowest BCUT2D eigenvalue weighted by molar-refractivity contribution is 0.188. The van der Waals surface area contributed by atoms with E-state index in [-0.39, 0.29) is 0 Å². The summed E-state index contributed by atoms with van der Waals surface area (Å²) in [6.45, 7) is 13.7. The monoisotopic (exact) mass is 276 g/mol. The molecular formula is C18H32N2. The lowest BCUT2D eigenvalue weighted by atomic mass is 9.98. The van der Waals surface area contributed by atoms with E-state index < -0.39 is 0 Å². The van der Waals surface area contributed by atoms with Gasteiger partial charge in [0.05, 0.1) is 0 Å². The van der Waals surface area contributed by atoms with Crippen LogP contribution in [0.1, 0.15) is 51.3 Å². The third kappa shape index (κ3) is 5.26. The lowest BCUT2D eigenvalue weighted by Gasteiger charge is -2.30. The summed E-state index contributed by atoms with van der Waals surface area (Å²) in [5, 5.41) is 3.48. The molecule has 0 saturated heterocycles. The Balaban J connectivity index is 2.67. The second-order valence-corrected chi connectivity index (χ2v) is 6.47. The largest absolute Gasteiger partial charge is 0.313 e. The van der Waals surface area contributed by atoms with Gasteiger partial charge >= 0.3 is 0 Å². The Hall–Kier alpha value is -0.860. The zero-order valence-electron chi connectivity index (χ0n) is 14.1. The molecule has 0 aromatic heterocycles. The summed E-state index contributed by atoms with van der Waals surface area (Å²) in [6.07, 6.45) is 1.16. The van der Waals surface area contributed by atoms with Crippen molar-refractivity contribution < 1.29 is 0 Å². The van der Waals surface area contributed by atoms with Crippen molar-refractivity contribution in [1.82, 2.24) is 10.2 Å². The van der Waals surface area contributed by atoms with Crippen LogP contribution in [-0.4, -0.2) is 31.1 Å². The number of benzene rings is 1. The van der Waals surface area contributed by atoms with Gasteiger partial charge in [0.1, 0.15) is 0 Å². The van der Waals surface area contributed by atoms with Gasteiger partial charge in [-0.25, -0.2) is 0 Å². The van der Waals surface area contributed by atoms with Gasteiger partial charge in [-0.3, -0.25) is 0 Å². The maximum atomic E-state index is 3.48. The molecule has 0 aliphatic heterocycles. The Morgan fingerprint density at radius 2 is 1.75 bits per heavy atom. The van der Waals surface area contributed by atoms with Crippen molar-refractivity contribution in [3.05, 3.63) is 35.4 Å². The highest BCUT2D eigenvalue weighted by atomic mass is 15.1. The summed E-state index contributed by atoms with van der Waals surface area (Å²) < 4.78 is 0. The van der Waals surface area contributed by atoms with E-state index >= 15 is 0 Å². The van der Waals surface area contributed by atoms with E-state index in [1.807, 2.05) is 0 Å². The van der Waals surface area contributed by atoms with E-state index in [4.69, 9.17) is 0 Å². The van der Waals surface area contributed by atoms with Gasteiger partial charge in [-0.15, -0.1) is 0 Å². The Morgan fingerprint density at radius 3 is 2.25 bits per heavy atom. The summed E-state index contributed by atoms with van der Waals surface area (Å²) in [7, 11) is 2.07. The minimum Gasteiger partial charge on any atom is -0.313 e. The molecular weight excluding hydrogens is 244 g/mol. The van der Waals surface area contributed by atoms with Crippen LogP contribution in [0.5, 0.6) is 0 Å². The molecule has 0 saturated carbocycles. The Labute approximate surface area is 125 Å². The SMILES string of the molecule is CNC(CCN(CC(C)C)C(C)C)c1ccccc1C. The average Bonchev–Trinajstić information content (AvgIpc) is 2.39. The number of nitrogens with one attached hydrogen (secondary N) is 1. The Morgan fingerprint density at radius 1 is 1.10 bits per heavy atom. The zero-order chi connectivity index (χ0) is 15.1. The van der Waals surface area contributed by atoms with E-state index in [2.05, 4.69) is 76.1 Å². The highest BCUT2D eigenvalue weighted by molar-refractivity contribution is 5.28. The smallest absolute Gasteiger partial charge is 0.0332 e. The molecule has 1 atom stereocenters. The van der Waals surface area contributed by atoms with Crippen LogP contribution in [0, 0.1) is 12.8 Å². The molecule has 1 unspecified atom stereocenters. The second kappa shape index (κ2) is 8.43. The Bertz CT molecular complexity index is 385. The average molecular weight is 276 g/mol. The fraction of sp³-hybridized carbons (Fsp3) is 0.667. The van der Waals surface area contributed by atoms with Gasteiger partial charge in [0.2, 0.25) is 0 Å². The van der Waals surface area contributed by atoms with Gasteiger partial charge in [-0.2, -0.15) is 0 Å². The number of hydrogen-bond acceptors (Lipinski definition) is 2. The molecule has 0 heterocycles. The lowest BCUT2D eigenvalue weighted by Crippen LogP contribution is -2.36. The highest BCUT2D eigenvalue weighted by Crippen LogP contribution is 2.21. The van der Waals surface area contributed by atoms with Crippen LogP contribution in [0.4, 0.5) is 0 Å². The van der Waals surface area contributed by atoms with E-state index in [0.29, 0.717) is 12.1 Å². The molecule has 0 aliphatic rings. The van der Waals surface area contributed by atoms with Gasteiger partial charge in [-0.1, -0.05) is 38.1 Å². The quantitative estimate of drug-likeness (QED) is 0.771.